The number of carbonyl (C=O) groups is 1. The van der Waals surface area contributed by atoms with Crippen LogP contribution in [0, 0.1) is 0 Å². The van der Waals surface area contributed by atoms with Crippen LogP contribution in [0.25, 0.3) is 0 Å². The molecule has 0 fully saturated rings. The molecule has 0 amide bonds. The van der Waals surface area contributed by atoms with E-state index in [9.17, 15) is 18.0 Å². The number of alkyl halides is 4. The van der Waals surface area contributed by atoms with Crippen LogP contribution in [0.2, 0.25) is 0 Å². The minimum absolute atomic E-state index is 0.0670. The summed E-state index contributed by atoms with van der Waals surface area (Å²) in [6, 6.07) is 4.51. The van der Waals surface area contributed by atoms with Gasteiger partial charge in [0.25, 0.3) is 0 Å². The van der Waals surface area contributed by atoms with Crippen molar-refractivity contribution in [3.8, 4) is 0 Å². The molecule has 0 saturated carbocycles. The lowest BCUT2D eigenvalue weighted by atomic mass is 10.1. The van der Waals surface area contributed by atoms with Gasteiger partial charge in [-0.3, -0.25) is 4.79 Å². The molecule has 1 nitrogen and oxygen atoms in total. The Morgan fingerprint density at radius 1 is 1.35 bits per heavy atom. The van der Waals surface area contributed by atoms with Crippen LogP contribution in [-0.2, 0) is 11.2 Å². The summed E-state index contributed by atoms with van der Waals surface area (Å²) < 4.78 is 37.1. The molecule has 0 aliphatic carbocycles. The molecule has 17 heavy (non-hydrogen) atoms. The molecule has 0 bridgehead atoms. The van der Waals surface area contributed by atoms with E-state index in [2.05, 4.69) is 31.9 Å². The van der Waals surface area contributed by atoms with Gasteiger partial charge in [0.2, 0.25) is 0 Å². The van der Waals surface area contributed by atoms with Gasteiger partial charge in [0.1, 0.15) is 5.78 Å². The Morgan fingerprint density at radius 3 is 2.53 bits per heavy atom. The van der Waals surface area contributed by atoms with Crippen molar-refractivity contribution in [2.24, 2.45) is 0 Å². The molecule has 1 rings (SSSR count). The summed E-state index contributed by atoms with van der Waals surface area (Å²) >= 11 is 5.92. The number of halogens is 5. The maximum absolute atomic E-state index is 12.2. The van der Waals surface area contributed by atoms with Crippen LogP contribution < -0.4 is 0 Å². The fourth-order valence-corrected chi connectivity index (χ4v) is 2.62. The van der Waals surface area contributed by atoms with Crippen molar-refractivity contribution in [2.45, 2.75) is 16.8 Å². The molecular weight excluding hydrogens is 385 g/mol. The van der Waals surface area contributed by atoms with E-state index in [-0.39, 0.29) is 34.2 Å². The lowest BCUT2D eigenvalue weighted by Crippen LogP contribution is -2.05. The zero-order valence-corrected chi connectivity index (χ0v) is 12.3. The van der Waals surface area contributed by atoms with Crippen LogP contribution in [0.1, 0.15) is 5.56 Å². The van der Waals surface area contributed by atoms with Crippen molar-refractivity contribution in [1.82, 2.24) is 0 Å². The normalized spacial score (nSPS) is 11.6. The lowest BCUT2D eigenvalue weighted by Gasteiger charge is -2.10. The van der Waals surface area contributed by atoms with Gasteiger partial charge in [0, 0.05) is 15.8 Å². The molecule has 94 valence electrons. The summed E-state index contributed by atoms with van der Waals surface area (Å²) in [6.45, 7) is 0. The number of hydrogen-bond acceptors (Lipinski definition) is 2. The van der Waals surface area contributed by atoms with Crippen molar-refractivity contribution < 1.29 is 18.0 Å². The summed E-state index contributed by atoms with van der Waals surface area (Å²) in [5.74, 6) is -0.0835. The molecule has 1 aromatic rings. The van der Waals surface area contributed by atoms with Crippen LogP contribution >= 0.6 is 43.6 Å². The van der Waals surface area contributed by atoms with Gasteiger partial charge in [-0.1, -0.05) is 28.1 Å². The molecule has 0 aliphatic rings. The van der Waals surface area contributed by atoms with Crippen LogP contribution in [0.4, 0.5) is 13.2 Å². The molecule has 0 atom stereocenters. The van der Waals surface area contributed by atoms with Gasteiger partial charge in [0.15, 0.2) is 0 Å². The highest BCUT2D eigenvalue weighted by molar-refractivity contribution is 9.10. The summed E-state index contributed by atoms with van der Waals surface area (Å²) in [7, 11) is 0. The maximum Gasteiger partial charge on any atom is 0.446 e. The predicted molar refractivity (Wildman–Crippen MR) is 68.6 cm³/mol. The van der Waals surface area contributed by atoms with Crippen LogP contribution in [0.15, 0.2) is 27.6 Å². The highest BCUT2D eigenvalue weighted by atomic mass is 79.9. The van der Waals surface area contributed by atoms with E-state index in [0.717, 1.165) is 0 Å². The van der Waals surface area contributed by atoms with Crippen LogP contribution in [0.5, 0.6) is 0 Å². The molecule has 1 aromatic carbocycles. The third-order valence-electron chi connectivity index (χ3n) is 1.81. The number of benzene rings is 1. The number of Topliss-reactive ketones (excluding diaryl/α,β-unsaturated/α-hetero) is 1. The summed E-state index contributed by atoms with van der Waals surface area (Å²) in [5.41, 5.74) is -3.77. The fraction of sp³-hybridized carbons (Fsp3) is 0.300. The number of hydrogen-bond donors (Lipinski definition) is 0. The quantitative estimate of drug-likeness (QED) is 0.552. The van der Waals surface area contributed by atoms with Crippen molar-refractivity contribution in [2.75, 3.05) is 5.33 Å². The second-order valence-corrected chi connectivity index (χ2v) is 5.59. The van der Waals surface area contributed by atoms with E-state index < -0.39 is 5.51 Å². The van der Waals surface area contributed by atoms with Gasteiger partial charge in [-0.15, -0.1) is 0 Å². The van der Waals surface area contributed by atoms with Gasteiger partial charge < -0.3 is 0 Å². The first kappa shape index (κ1) is 15.0. The molecule has 0 unspecified atom stereocenters. The molecule has 0 radical (unpaired) electrons. The van der Waals surface area contributed by atoms with Gasteiger partial charge in [-0.05, 0) is 39.3 Å². The second kappa shape index (κ2) is 6.24. The van der Waals surface area contributed by atoms with Gasteiger partial charge in [-0.25, -0.2) is 0 Å². The Morgan fingerprint density at radius 2 is 2.00 bits per heavy atom. The minimum Gasteiger partial charge on any atom is -0.298 e. The zero-order valence-electron chi connectivity index (χ0n) is 8.35. The topological polar surface area (TPSA) is 17.1 Å². The van der Waals surface area contributed by atoms with Crippen molar-refractivity contribution in [3.63, 3.8) is 0 Å². The van der Waals surface area contributed by atoms with Crippen molar-refractivity contribution in [1.29, 1.82) is 0 Å². The SMILES string of the molecule is O=C(CBr)Cc1cccc(SC(F)(F)F)c1Br. The lowest BCUT2D eigenvalue weighted by molar-refractivity contribution is -0.115. The van der Waals surface area contributed by atoms with E-state index in [1.54, 1.807) is 6.07 Å². The smallest absolute Gasteiger partial charge is 0.298 e. The van der Waals surface area contributed by atoms with E-state index in [1.165, 1.54) is 12.1 Å². The number of rotatable bonds is 4. The number of ketones is 1. The van der Waals surface area contributed by atoms with Crippen molar-refractivity contribution >= 4 is 49.4 Å². The highest BCUT2D eigenvalue weighted by Gasteiger charge is 2.30. The monoisotopic (exact) mass is 390 g/mol. The summed E-state index contributed by atoms with van der Waals surface area (Å²) in [6.07, 6.45) is 0.109. The molecule has 0 aromatic heterocycles. The first-order valence-corrected chi connectivity index (χ1v) is 7.17. The van der Waals surface area contributed by atoms with E-state index >= 15 is 0 Å². The average Bonchev–Trinajstić information content (AvgIpc) is 2.22. The Balaban J connectivity index is 2.95. The standard InChI is InChI=1S/C10H7Br2F3OS/c11-5-7(16)4-6-2-1-3-8(9(6)12)17-10(13,14)15/h1-3H,4-5H2. The van der Waals surface area contributed by atoms with E-state index in [1.807, 2.05) is 0 Å². The third-order valence-corrected chi connectivity index (χ3v) is 4.42. The Hall–Kier alpha value is -0.0100. The average molecular weight is 392 g/mol. The van der Waals surface area contributed by atoms with Crippen molar-refractivity contribution in [3.05, 3.63) is 28.2 Å². The molecule has 0 saturated heterocycles. The minimum atomic E-state index is -4.33. The number of thioether (sulfide) groups is 1. The fourth-order valence-electron chi connectivity index (χ4n) is 1.16. The molecule has 0 heterocycles. The molecular formula is C10H7Br2F3OS. The Kier molecular flexibility index (Phi) is 5.53. The summed E-state index contributed by atoms with van der Waals surface area (Å²) in [4.78, 5) is 11.3. The highest BCUT2D eigenvalue weighted by Crippen LogP contribution is 2.41. The molecule has 7 heteroatoms. The second-order valence-electron chi connectivity index (χ2n) is 3.13. The van der Waals surface area contributed by atoms with E-state index in [4.69, 9.17) is 0 Å². The van der Waals surface area contributed by atoms with Gasteiger partial charge >= 0.3 is 5.51 Å². The summed E-state index contributed by atoms with van der Waals surface area (Å²) in [5, 5.41) is 0.191. The molecule has 0 N–H and O–H groups in total. The Bertz CT molecular complexity index is 421. The molecule has 0 aliphatic heterocycles. The number of carbonyl (C=O) groups excluding carboxylic acids is 1. The largest absolute Gasteiger partial charge is 0.446 e. The maximum atomic E-state index is 12.2. The molecule has 0 spiro atoms. The van der Waals surface area contributed by atoms with E-state index in [0.29, 0.717) is 10.0 Å². The predicted octanol–water partition coefficient (Wildman–Crippen LogP) is 4.57. The zero-order chi connectivity index (χ0) is 13.1. The first-order chi connectivity index (χ1) is 7.83. The van der Waals surface area contributed by atoms with Gasteiger partial charge in [-0.2, -0.15) is 13.2 Å². The first-order valence-electron chi connectivity index (χ1n) is 4.44. The van der Waals surface area contributed by atoms with Crippen LogP contribution in [0.3, 0.4) is 0 Å². The van der Waals surface area contributed by atoms with Crippen LogP contribution in [-0.4, -0.2) is 16.6 Å². The third kappa shape index (κ3) is 5.01. The Labute approximate surface area is 117 Å². The van der Waals surface area contributed by atoms with Gasteiger partial charge in [0.05, 0.1) is 5.33 Å².